The molecule has 2 heterocycles. The molecule has 0 radical (unpaired) electrons. The van der Waals surface area contributed by atoms with Crippen molar-refractivity contribution in [2.75, 3.05) is 22.1 Å². The highest BCUT2D eigenvalue weighted by Crippen LogP contribution is 2.44. The van der Waals surface area contributed by atoms with Crippen LogP contribution in [0, 0.1) is 6.92 Å². The maximum absolute atomic E-state index is 13.3. The fourth-order valence-corrected chi connectivity index (χ4v) is 4.86. The molecule has 0 bridgehead atoms. The molecule has 1 amide bonds. The minimum atomic E-state index is -0.504. The van der Waals surface area contributed by atoms with Crippen LogP contribution in [-0.4, -0.2) is 18.2 Å². The van der Waals surface area contributed by atoms with E-state index in [4.69, 9.17) is 16.0 Å². The third-order valence-electron chi connectivity index (χ3n) is 6.13. The first kappa shape index (κ1) is 21.3. The van der Waals surface area contributed by atoms with Crippen molar-refractivity contribution >= 4 is 40.4 Å². The Morgan fingerprint density at radius 1 is 1.18 bits per heavy atom. The van der Waals surface area contributed by atoms with Crippen LogP contribution in [0.2, 0.25) is 5.02 Å². The van der Waals surface area contributed by atoms with Crippen molar-refractivity contribution < 1.29 is 14.0 Å². The predicted octanol–water partition coefficient (Wildman–Crippen LogP) is 5.86. The number of aryl methyl sites for hydroxylation is 1. The molecule has 1 aliphatic carbocycles. The van der Waals surface area contributed by atoms with Gasteiger partial charge < -0.3 is 20.0 Å². The number of halogens is 1. The van der Waals surface area contributed by atoms with Crippen molar-refractivity contribution in [3.63, 3.8) is 0 Å². The fourth-order valence-electron chi connectivity index (χ4n) is 4.63. The lowest BCUT2D eigenvalue weighted by Crippen LogP contribution is -2.38. The van der Waals surface area contributed by atoms with Crippen LogP contribution in [0.15, 0.2) is 76.5 Å². The van der Waals surface area contributed by atoms with Gasteiger partial charge in [-0.05, 0) is 67.8 Å². The summed E-state index contributed by atoms with van der Waals surface area (Å²) in [6.07, 6.45) is 3.66. The van der Waals surface area contributed by atoms with E-state index in [1.807, 2.05) is 54.3 Å². The van der Waals surface area contributed by atoms with Crippen molar-refractivity contribution in [3.05, 3.63) is 88.5 Å². The lowest BCUT2D eigenvalue weighted by atomic mass is 9.88. The van der Waals surface area contributed by atoms with Gasteiger partial charge in [-0.3, -0.25) is 9.59 Å². The van der Waals surface area contributed by atoms with Crippen molar-refractivity contribution in [2.45, 2.75) is 32.2 Å². The standard InChI is InChI=1S/C26H24ClN3O3/c1-16-14-17(27)11-12-18(16)29-24(32)15-30-21-8-3-2-6-19(21)28-20-7-4-9-22(31)25(20)26(30)23-10-5-13-33-23/h2-3,5-6,8,10-14,26,28H,4,7,9,15H2,1H3,(H,29,32)/t26-/m0/s1. The Labute approximate surface area is 197 Å². The number of benzene rings is 2. The largest absolute Gasteiger partial charge is 0.467 e. The van der Waals surface area contributed by atoms with E-state index in [-0.39, 0.29) is 18.2 Å². The molecule has 0 unspecified atom stereocenters. The molecule has 7 heteroatoms. The number of hydrogen-bond donors (Lipinski definition) is 2. The van der Waals surface area contributed by atoms with Crippen LogP contribution < -0.4 is 15.5 Å². The average Bonchev–Trinajstić information content (AvgIpc) is 3.27. The molecule has 5 rings (SSSR count). The monoisotopic (exact) mass is 461 g/mol. The Hall–Kier alpha value is -3.51. The summed E-state index contributed by atoms with van der Waals surface area (Å²) in [5.74, 6) is 0.516. The molecule has 2 aromatic carbocycles. The summed E-state index contributed by atoms with van der Waals surface area (Å²) >= 11 is 6.06. The van der Waals surface area contributed by atoms with E-state index in [1.165, 1.54) is 0 Å². The number of amides is 1. The summed E-state index contributed by atoms with van der Waals surface area (Å²) < 4.78 is 5.80. The van der Waals surface area contributed by atoms with Crippen LogP contribution in [-0.2, 0) is 9.59 Å². The third kappa shape index (κ3) is 4.14. The zero-order valence-electron chi connectivity index (χ0n) is 18.2. The highest BCUT2D eigenvalue weighted by molar-refractivity contribution is 6.30. The number of furan rings is 1. The Balaban J connectivity index is 1.57. The van der Waals surface area contributed by atoms with Gasteiger partial charge in [-0.25, -0.2) is 0 Å². The minimum absolute atomic E-state index is 0.0379. The molecule has 1 aliphatic heterocycles. The maximum atomic E-state index is 13.3. The summed E-state index contributed by atoms with van der Waals surface area (Å²) in [5, 5.41) is 7.09. The van der Waals surface area contributed by atoms with Gasteiger partial charge in [-0.15, -0.1) is 0 Å². The summed E-state index contributed by atoms with van der Waals surface area (Å²) in [4.78, 5) is 28.4. The van der Waals surface area contributed by atoms with Gasteiger partial charge >= 0.3 is 0 Å². The molecule has 2 aliphatic rings. The molecular weight excluding hydrogens is 438 g/mol. The SMILES string of the molecule is Cc1cc(Cl)ccc1NC(=O)CN1c2ccccc2NC2=C(C(=O)CCC2)[C@@H]1c1ccco1. The zero-order chi connectivity index (χ0) is 22.9. The molecule has 0 saturated heterocycles. The molecule has 0 spiro atoms. The molecule has 6 nitrogen and oxygen atoms in total. The molecule has 3 aromatic rings. The summed E-state index contributed by atoms with van der Waals surface area (Å²) in [6, 6.07) is 16.3. The van der Waals surface area contributed by atoms with E-state index < -0.39 is 6.04 Å². The van der Waals surface area contributed by atoms with Gasteiger partial charge in [0.2, 0.25) is 5.91 Å². The summed E-state index contributed by atoms with van der Waals surface area (Å²) in [5.41, 5.74) is 4.85. The fraction of sp³-hybridized carbons (Fsp3) is 0.231. The van der Waals surface area contributed by atoms with E-state index in [9.17, 15) is 9.59 Å². The molecule has 0 saturated carbocycles. The number of hydrogen-bond acceptors (Lipinski definition) is 5. The number of carbonyl (C=O) groups is 2. The van der Waals surface area contributed by atoms with Crippen molar-refractivity contribution in [3.8, 4) is 0 Å². The van der Waals surface area contributed by atoms with E-state index in [2.05, 4.69) is 10.6 Å². The van der Waals surface area contributed by atoms with E-state index >= 15 is 0 Å². The third-order valence-corrected chi connectivity index (χ3v) is 6.36. The van der Waals surface area contributed by atoms with Crippen LogP contribution in [0.3, 0.4) is 0 Å². The first-order valence-electron chi connectivity index (χ1n) is 11.0. The van der Waals surface area contributed by atoms with Crippen LogP contribution in [0.5, 0.6) is 0 Å². The number of rotatable bonds is 4. The Bertz CT molecular complexity index is 1250. The molecule has 168 valence electrons. The predicted molar refractivity (Wildman–Crippen MR) is 130 cm³/mol. The highest BCUT2D eigenvalue weighted by Gasteiger charge is 2.38. The number of nitrogens with zero attached hydrogens (tertiary/aromatic N) is 1. The lowest BCUT2D eigenvalue weighted by Gasteiger charge is -2.33. The Kier molecular flexibility index (Phi) is 5.68. The zero-order valence-corrected chi connectivity index (χ0v) is 19.0. The molecule has 2 N–H and O–H groups in total. The minimum Gasteiger partial charge on any atom is -0.467 e. The molecule has 1 aromatic heterocycles. The number of ketones is 1. The van der Waals surface area contributed by atoms with Crippen LogP contribution in [0.25, 0.3) is 0 Å². The molecule has 1 atom stereocenters. The number of allylic oxidation sites excluding steroid dienone is 1. The second kappa shape index (κ2) is 8.79. The van der Waals surface area contributed by atoms with Gasteiger partial charge in [-0.2, -0.15) is 0 Å². The van der Waals surface area contributed by atoms with Gasteiger partial charge in [0, 0.05) is 28.4 Å². The van der Waals surface area contributed by atoms with Crippen LogP contribution >= 0.6 is 11.6 Å². The van der Waals surface area contributed by atoms with Gasteiger partial charge in [0.05, 0.1) is 24.2 Å². The topological polar surface area (TPSA) is 74.6 Å². The highest BCUT2D eigenvalue weighted by atomic mass is 35.5. The van der Waals surface area contributed by atoms with Gasteiger partial charge in [0.1, 0.15) is 11.8 Å². The second-order valence-electron chi connectivity index (χ2n) is 8.36. The Morgan fingerprint density at radius 3 is 2.82 bits per heavy atom. The van der Waals surface area contributed by atoms with Gasteiger partial charge in [0.25, 0.3) is 0 Å². The van der Waals surface area contributed by atoms with Gasteiger partial charge in [0.15, 0.2) is 5.78 Å². The smallest absolute Gasteiger partial charge is 0.243 e. The van der Waals surface area contributed by atoms with Gasteiger partial charge in [-0.1, -0.05) is 23.7 Å². The molecule has 0 fully saturated rings. The number of para-hydroxylation sites is 2. The number of Topliss-reactive ketones (excluding diaryl/α,β-unsaturated/α-hetero) is 1. The quantitative estimate of drug-likeness (QED) is 0.509. The maximum Gasteiger partial charge on any atom is 0.243 e. The summed E-state index contributed by atoms with van der Waals surface area (Å²) in [6.45, 7) is 1.94. The van der Waals surface area contributed by atoms with Crippen LogP contribution in [0.1, 0.15) is 36.6 Å². The average molecular weight is 462 g/mol. The van der Waals surface area contributed by atoms with Crippen molar-refractivity contribution in [2.24, 2.45) is 0 Å². The van der Waals surface area contributed by atoms with E-state index in [1.54, 1.807) is 18.4 Å². The normalized spacial score (nSPS) is 17.7. The van der Waals surface area contributed by atoms with E-state index in [0.717, 1.165) is 35.5 Å². The number of nitrogens with one attached hydrogen (secondary N) is 2. The Morgan fingerprint density at radius 2 is 2.03 bits per heavy atom. The molecular formula is C26H24ClN3O3. The van der Waals surface area contributed by atoms with Crippen molar-refractivity contribution in [1.82, 2.24) is 0 Å². The van der Waals surface area contributed by atoms with E-state index in [0.29, 0.717) is 28.5 Å². The summed E-state index contributed by atoms with van der Waals surface area (Å²) in [7, 11) is 0. The number of carbonyl (C=O) groups excluding carboxylic acids is 2. The van der Waals surface area contributed by atoms with Crippen LogP contribution in [0.4, 0.5) is 17.1 Å². The number of anilines is 3. The van der Waals surface area contributed by atoms with Crippen molar-refractivity contribution in [1.29, 1.82) is 0 Å². The lowest BCUT2D eigenvalue weighted by molar-refractivity contribution is -0.117. The number of fused-ring (bicyclic) bond motifs is 1. The molecule has 33 heavy (non-hydrogen) atoms. The first-order valence-corrected chi connectivity index (χ1v) is 11.4. The second-order valence-corrected chi connectivity index (χ2v) is 8.80. The first-order chi connectivity index (χ1) is 16.0.